The topological polar surface area (TPSA) is 84.2 Å². The predicted molar refractivity (Wildman–Crippen MR) is 74.3 cm³/mol. The molecule has 0 aliphatic rings. The fraction of sp³-hybridized carbons (Fsp3) is 0.308. The summed E-state index contributed by atoms with van der Waals surface area (Å²) in [7, 11) is -2.30. The summed E-state index contributed by atoms with van der Waals surface area (Å²) in [5.74, 6) is -2.15. The highest BCUT2D eigenvalue weighted by molar-refractivity contribution is 7.89. The Morgan fingerprint density at radius 1 is 1.32 bits per heavy atom. The standard InChI is InChI=1S/C13H15F2N3O3S/c1-8(13(19)9-3-4-11(14)12(15)5-9)17-22(20,21)10-6-16-18(2)7-10/h3-8,13,17,19H,1-2H3/t8-,13+/m0/s1. The quantitative estimate of drug-likeness (QED) is 0.859. The van der Waals surface area contributed by atoms with Gasteiger partial charge in [-0.05, 0) is 24.6 Å². The number of aliphatic hydroxyl groups excluding tert-OH is 1. The average Bonchev–Trinajstić information content (AvgIpc) is 2.88. The molecule has 0 unspecified atom stereocenters. The Hall–Kier alpha value is -1.84. The van der Waals surface area contributed by atoms with Crippen LogP contribution in [0.1, 0.15) is 18.6 Å². The first-order valence-corrected chi connectivity index (χ1v) is 7.83. The summed E-state index contributed by atoms with van der Waals surface area (Å²) in [6.07, 6.45) is 1.14. The Labute approximate surface area is 126 Å². The Balaban J connectivity index is 2.17. The highest BCUT2D eigenvalue weighted by atomic mass is 32.2. The zero-order valence-electron chi connectivity index (χ0n) is 11.9. The summed E-state index contributed by atoms with van der Waals surface area (Å²) in [6, 6.07) is 1.94. The van der Waals surface area contributed by atoms with Gasteiger partial charge in [-0.15, -0.1) is 0 Å². The van der Waals surface area contributed by atoms with Gasteiger partial charge in [0.25, 0.3) is 0 Å². The first-order chi connectivity index (χ1) is 10.2. The largest absolute Gasteiger partial charge is 0.387 e. The van der Waals surface area contributed by atoms with Crippen molar-refractivity contribution in [2.45, 2.75) is 24.0 Å². The molecule has 0 radical (unpaired) electrons. The second kappa shape index (κ2) is 6.11. The molecular formula is C13H15F2N3O3S. The molecule has 0 amide bonds. The molecule has 2 atom stereocenters. The van der Waals surface area contributed by atoms with Crippen LogP contribution in [0.15, 0.2) is 35.5 Å². The van der Waals surface area contributed by atoms with E-state index in [4.69, 9.17) is 0 Å². The molecule has 1 heterocycles. The number of aromatic nitrogens is 2. The van der Waals surface area contributed by atoms with Crippen molar-refractivity contribution in [2.75, 3.05) is 0 Å². The molecule has 0 saturated carbocycles. The van der Waals surface area contributed by atoms with Crippen molar-refractivity contribution in [2.24, 2.45) is 7.05 Å². The molecule has 0 aliphatic carbocycles. The van der Waals surface area contributed by atoms with Crippen LogP contribution in [0.2, 0.25) is 0 Å². The Morgan fingerprint density at radius 3 is 2.55 bits per heavy atom. The number of aryl methyl sites for hydroxylation is 1. The van der Waals surface area contributed by atoms with Gasteiger partial charge in [-0.1, -0.05) is 6.07 Å². The number of sulfonamides is 1. The summed E-state index contributed by atoms with van der Waals surface area (Å²) < 4.78 is 53.9. The van der Waals surface area contributed by atoms with Crippen molar-refractivity contribution in [3.8, 4) is 0 Å². The second-order valence-electron chi connectivity index (χ2n) is 4.88. The maximum absolute atomic E-state index is 13.2. The van der Waals surface area contributed by atoms with Gasteiger partial charge < -0.3 is 5.11 Å². The molecule has 0 spiro atoms. The summed E-state index contributed by atoms with van der Waals surface area (Å²) in [4.78, 5) is -0.0562. The third kappa shape index (κ3) is 3.49. The van der Waals surface area contributed by atoms with E-state index in [1.807, 2.05) is 0 Å². The zero-order valence-corrected chi connectivity index (χ0v) is 12.7. The van der Waals surface area contributed by atoms with E-state index in [2.05, 4.69) is 9.82 Å². The maximum atomic E-state index is 13.2. The molecule has 1 aromatic heterocycles. The number of nitrogens with one attached hydrogen (secondary N) is 1. The molecule has 2 rings (SSSR count). The maximum Gasteiger partial charge on any atom is 0.244 e. The summed E-state index contributed by atoms with van der Waals surface area (Å²) in [5.41, 5.74) is 0.0697. The number of rotatable bonds is 5. The molecule has 0 bridgehead atoms. The van der Waals surface area contributed by atoms with Crippen LogP contribution >= 0.6 is 0 Å². The SMILES string of the molecule is C[C@H](NS(=O)(=O)c1cnn(C)c1)[C@@H](O)c1ccc(F)c(F)c1. The van der Waals surface area contributed by atoms with E-state index in [0.717, 1.165) is 12.1 Å². The third-order valence-electron chi connectivity index (χ3n) is 3.09. The van der Waals surface area contributed by atoms with E-state index in [9.17, 15) is 22.3 Å². The van der Waals surface area contributed by atoms with Gasteiger partial charge in [-0.3, -0.25) is 4.68 Å². The van der Waals surface area contributed by atoms with Crippen LogP contribution in [0.4, 0.5) is 8.78 Å². The lowest BCUT2D eigenvalue weighted by atomic mass is 10.0. The number of halogens is 2. The normalized spacial score (nSPS) is 14.8. The van der Waals surface area contributed by atoms with E-state index in [1.54, 1.807) is 7.05 Å². The third-order valence-corrected chi connectivity index (χ3v) is 4.60. The lowest BCUT2D eigenvalue weighted by molar-refractivity contribution is 0.146. The molecule has 0 fully saturated rings. The van der Waals surface area contributed by atoms with Crippen molar-refractivity contribution >= 4 is 10.0 Å². The van der Waals surface area contributed by atoms with Crippen LogP contribution in [0.5, 0.6) is 0 Å². The fourth-order valence-corrected chi connectivity index (χ4v) is 3.13. The van der Waals surface area contributed by atoms with E-state index >= 15 is 0 Å². The lowest BCUT2D eigenvalue weighted by Gasteiger charge is -2.20. The smallest absolute Gasteiger partial charge is 0.244 e. The van der Waals surface area contributed by atoms with Crippen molar-refractivity contribution in [3.05, 3.63) is 47.8 Å². The summed E-state index contributed by atoms with van der Waals surface area (Å²) in [6.45, 7) is 1.42. The average molecular weight is 331 g/mol. The number of aliphatic hydroxyl groups is 1. The van der Waals surface area contributed by atoms with Crippen molar-refractivity contribution in [3.63, 3.8) is 0 Å². The van der Waals surface area contributed by atoms with Gasteiger partial charge in [0.15, 0.2) is 11.6 Å². The van der Waals surface area contributed by atoms with Gasteiger partial charge in [-0.25, -0.2) is 21.9 Å². The molecular weight excluding hydrogens is 316 g/mol. The molecule has 6 nitrogen and oxygen atoms in total. The van der Waals surface area contributed by atoms with Crippen LogP contribution < -0.4 is 4.72 Å². The minimum absolute atomic E-state index is 0.0562. The molecule has 1 aromatic carbocycles. The molecule has 120 valence electrons. The number of hydrogen-bond donors (Lipinski definition) is 2. The van der Waals surface area contributed by atoms with Crippen molar-refractivity contribution < 1.29 is 22.3 Å². The number of nitrogens with zero attached hydrogens (tertiary/aromatic N) is 2. The summed E-state index contributed by atoms with van der Waals surface area (Å²) in [5, 5.41) is 13.8. The number of benzene rings is 1. The van der Waals surface area contributed by atoms with Crippen LogP contribution in [-0.4, -0.2) is 29.3 Å². The minimum Gasteiger partial charge on any atom is -0.387 e. The minimum atomic E-state index is -3.87. The van der Waals surface area contributed by atoms with E-state index in [-0.39, 0.29) is 10.5 Å². The molecule has 2 aromatic rings. The van der Waals surface area contributed by atoms with E-state index in [1.165, 1.54) is 30.1 Å². The van der Waals surface area contributed by atoms with Gasteiger partial charge >= 0.3 is 0 Å². The van der Waals surface area contributed by atoms with Crippen molar-refractivity contribution in [1.29, 1.82) is 0 Å². The highest BCUT2D eigenvalue weighted by Crippen LogP contribution is 2.20. The van der Waals surface area contributed by atoms with Gasteiger partial charge in [-0.2, -0.15) is 5.10 Å². The van der Waals surface area contributed by atoms with Gasteiger partial charge in [0.1, 0.15) is 4.90 Å². The van der Waals surface area contributed by atoms with Crippen molar-refractivity contribution in [1.82, 2.24) is 14.5 Å². The molecule has 0 saturated heterocycles. The number of hydrogen-bond acceptors (Lipinski definition) is 4. The molecule has 2 N–H and O–H groups in total. The van der Waals surface area contributed by atoms with E-state index in [0.29, 0.717) is 0 Å². The zero-order chi connectivity index (χ0) is 16.5. The molecule has 22 heavy (non-hydrogen) atoms. The van der Waals surface area contributed by atoms with Crippen LogP contribution in [0.25, 0.3) is 0 Å². The second-order valence-corrected chi connectivity index (χ2v) is 6.59. The first-order valence-electron chi connectivity index (χ1n) is 6.34. The Morgan fingerprint density at radius 2 is 2.00 bits per heavy atom. The van der Waals surface area contributed by atoms with Gasteiger partial charge in [0.05, 0.1) is 12.3 Å². The van der Waals surface area contributed by atoms with Gasteiger partial charge in [0.2, 0.25) is 10.0 Å². The molecule has 9 heteroatoms. The Bertz CT molecular complexity index is 777. The predicted octanol–water partition coefficient (Wildman–Crippen LogP) is 1.10. The molecule has 0 aliphatic heterocycles. The van der Waals surface area contributed by atoms with Crippen LogP contribution in [0.3, 0.4) is 0 Å². The monoisotopic (exact) mass is 331 g/mol. The Kier molecular flexibility index (Phi) is 4.59. The van der Waals surface area contributed by atoms with Gasteiger partial charge in [0, 0.05) is 19.3 Å². The van der Waals surface area contributed by atoms with Crippen LogP contribution in [0, 0.1) is 11.6 Å². The fourth-order valence-electron chi connectivity index (χ4n) is 1.90. The first kappa shape index (κ1) is 16.5. The summed E-state index contributed by atoms with van der Waals surface area (Å²) >= 11 is 0. The highest BCUT2D eigenvalue weighted by Gasteiger charge is 2.25. The van der Waals surface area contributed by atoms with E-state index < -0.39 is 33.8 Å². The lowest BCUT2D eigenvalue weighted by Crippen LogP contribution is -2.37. The van der Waals surface area contributed by atoms with Crippen LogP contribution in [-0.2, 0) is 17.1 Å².